The molecular weight excluding hydrogens is 272 g/mol. The van der Waals surface area contributed by atoms with Crippen LogP contribution in [0.5, 0.6) is 0 Å². The molecule has 0 saturated carbocycles. The number of fused-ring (bicyclic) bond motifs is 1. The van der Waals surface area contributed by atoms with E-state index in [4.69, 9.17) is 4.74 Å². The maximum Gasteiger partial charge on any atom is 0.346 e. The van der Waals surface area contributed by atoms with Crippen molar-refractivity contribution in [2.75, 3.05) is 0 Å². The number of rotatable bonds is 2. The Balaban J connectivity index is 2.82. The molecule has 0 atom stereocenters. The zero-order valence-electron chi connectivity index (χ0n) is 12.4. The van der Waals surface area contributed by atoms with Crippen LogP contribution in [0.4, 0.5) is 0 Å². The van der Waals surface area contributed by atoms with Gasteiger partial charge in [-0.1, -0.05) is 51.4 Å². The number of ether oxygens (including phenoxy) is 1. The summed E-state index contributed by atoms with van der Waals surface area (Å²) in [4.78, 5) is 24.0. The highest BCUT2D eigenvalue weighted by Gasteiger charge is 2.40. The van der Waals surface area contributed by atoms with Gasteiger partial charge in [0.25, 0.3) is 0 Å². The third-order valence-corrected chi connectivity index (χ3v) is 7.48. The lowest BCUT2D eigenvalue weighted by atomic mass is 10.1. The van der Waals surface area contributed by atoms with Crippen LogP contribution >= 0.6 is 0 Å². The first-order valence-corrected chi connectivity index (χ1v) is 13.5. The molecule has 0 fully saturated rings. The molecule has 0 spiro atoms. The molecule has 0 amide bonds. The zero-order valence-corrected chi connectivity index (χ0v) is 14.4. The first-order chi connectivity index (χ1) is 8.53. The van der Waals surface area contributed by atoms with Crippen LogP contribution < -0.4 is 10.4 Å². The summed E-state index contributed by atoms with van der Waals surface area (Å²) in [5.74, 6) is -0.921. The molecule has 1 heterocycles. The largest absolute Gasteiger partial charge is 0.386 e. The van der Waals surface area contributed by atoms with Crippen molar-refractivity contribution in [1.82, 2.24) is 0 Å². The number of esters is 2. The number of hydrogen-bond donors (Lipinski definition) is 0. The van der Waals surface area contributed by atoms with Crippen molar-refractivity contribution in [3.05, 3.63) is 23.3 Å². The summed E-state index contributed by atoms with van der Waals surface area (Å²) in [7, 11) is -3.36. The topological polar surface area (TPSA) is 43.4 Å². The molecule has 1 aromatic carbocycles. The van der Waals surface area contributed by atoms with Crippen LogP contribution in [-0.4, -0.2) is 28.1 Å². The lowest BCUT2D eigenvalue weighted by Gasteiger charge is -2.23. The van der Waals surface area contributed by atoms with Gasteiger partial charge in [0.15, 0.2) is 0 Å². The quantitative estimate of drug-likeness (QED) is 0.476. The Hall–Kier alpha value is -1.21. The molecule has 0 bridgehead atoms. The van der Waals surface area contributed by atoms with Gasteiger partial charge in [-0.3, -0.25) is 0 Å². The van der Waals surface area contributed by atoms with E-state index < -0.39 is 28.1 Å². The number of benzene rings is 1. The SMILES string of the molecule is C[Si](C)(C)c1ccc([Si](C)(C)C)c2c1C(=O)OC2=O. The number of cyclic esters (lactones) is 2. The van der Waals surface area contributed by atoms with Crippen molar-refractivity contribution < 1.29 is 14.3 Å². The molecule has 0 aromatic heterocycles. The van der Waals surface area contributed by atoms with Gasteiger partial charge in [0.05, 0.1) is 27.3 Å². The average Bonchev–Trinajstić information content (AvgIpc) is 2.51. The minimum absolute atomic E-state index is 0.461. The second kappa shape index (κ2) is 4.14. The third kappa shape index (κ3) is 2.32. The Labute approximate surface area is 116 Å². The van der Waals surface area contributed by atoms with Gasteiger partial charge in [-0.15, -0.1) is 0 Å². The van der Waals surface area contributed by atoms with Gasteiger partial charge in [0.1, 0.15) is 0 Å². The Bertz CT molecular complexity index is 527. The Morgan fingerprint density at radius 1 is 0.737 bits per heavy atom. The first kappa shape index (κ1) is 14.2. The molecular formula is C14H20O3Si2. The van der Waals surface area contributed by atoms with Crippen molar-refractivity contribution in [2.45, 2.75) is 39.3 Å². The molecule has 1 aromatic rings. The van der Waals surface area contributed by atoms with Gasteiger partial charge in [0.2, 0.25) is 0 Å². The Kier molecular flexibility index (Phi) is 3.10. The van der Waals surface area contributed by atoms with E-state index in [2.05, 4.69) is 39.3 Å². The highest BCUT2D eigenvalue weighted by atomic mass is 28.3. The molecule has 1 aliphatic heterocycles. The van der Waals surface area contributed by atoms with Crippen LogP contribution in [0.3, 0.4) is 0 Å². The van der Waals surface area contributed by atoms with E-state index in [9.17, 15) is 9.59 Å². The standard InChI is InChI=1S/C14H20O3Si2/c1-18(2,3)9-7-8-10(19(4,5)6)12-11(9)13(15)17-14(12)16/h7-8H,1-6H3. The molecule has 0 saturated heterocycles. The average molecular weight is 292 g/mol. The van der Waals surface area contributed by atoms with Crippen molar-refractivity contribution >= 4 is 38.5 Å². The lowest BCUT2D eigenvalue weighted by molar-refractivity contribution is 0.0444. The summed E-state index contributed by atoms with van der Waals surface area (Å²) in [6.07, 6.45) is 0. The molecule has 2 rings (SSSR count). The van der Waals surface area contributed by atoms with E-state index in [1.807, 2.05) is 12.1 Å². The summed E-state index contributed by atoms with van der Waals surface area (Å²) < 4.78 is 4.87. The zero-order chi connectivity index (χ0) is 14.6. The second-order valence-electron chi connectivity index (χ2n) is 7.09. The summed E-state index contributed by atoms with van der Waals surface area (Å²) >= 11 is 0. The van der Waals surface area contributed by atoms with Gasteiger partial charge in [-0.25, -0.2) is 9.59 Å². The molecule has 0 radical (unpaired) electrons. The van der Waals surface area contributed by atoms with Crippen LogP contribution in [-0.2, 0) is 4.74 Å². The normalized spacial score (nSPS) is 15.5. The monoisotopic (exact) mass is 292 g/mol. The first-order valence-electron chi connectivity index (χ1n) is 6.48. The lowest BCUT2D eigenvalue weighted by Crippen LogP contribution is -2.47. The van der Waals surface area contributed by atoms with Crippen LogP contribution in [0, 0.1) is 0 Å². The summed E-state index contributed by atoms with van der Waals surface area (Å²) in [5, 5.41) is 2.06. The van der Waals surface area contributed by atoms with E-state index in [0.29, 0.717) is 11.1 Å². The predicted octanol–water partition coefficient (Wildman–Crippen LogP) is 2.09. The fourth-order valence-corrected chi connectivity index (χ4v) is 5.58. The van der Waals surface area contributed by atoms with E-state index in [0.717, 1.165) is 10.4 Å². The fourth-order valence-electron chi connectivity index (χ4n) is 2.46. The van der Waals surface area contributed by atoms with Crippen LogP contribution in [0.1, 0.15) is 20.7 Å². The predicted molar refractivity (Wildman–Crippen MR) is 82.1 cm³/mol. The minimum atomic E-state index is -1.68. The number of carbonyl (C=O) groups excluding carboxylic acids is 2. The molecule has 0 aliphatic carbocycles. The van der Waals surface area contributed by atoms with Gasteiger partial charge in [-0.05, 0) is 10.4 Å². The maximum absolute atomic E-state index is 12.0. The Morgan fingerprint density at radius 3 is 1.32 bits per heavy atom. The van der Waals surface area contributed by atoms with Crippen LogP contribution in [0.25, 0.3) is 0 Å². The van der Waals surface area contributed by atoms with E-state index >= 15 is 0 Å². The number of hydrogen-bond acceptors (Lipinski definition) is 3. The van der Waals surface area contributed by atoms with Crippen molar-refractivity contribution in [1.29, 1.82) is 0 Å². The molecule has 19 heavy (non-hydrogen) atoms. The van der Waals surface area contributed by atoms with Gasteiger partial charge in [0, 0.05) is 0 Å². The third-order valence-electron chi connectivity index (χ3n) is 3.42. The van der Waals surface area contributed by atoms with Crippen LogP contribution in [0.15, 0.2) is 12.1 Å². The van der Waals surface area contributed by atoms with Gasteiger partial charge >= 0.3 is 11.9 Å². The van der Waals surface area contributed by atoms with Gasteiger partial charge < -0.3 is 4.74 Å². The highest BCUT2D eigenvalue weighted by molar-refractivity contribution is 6.91. The Morgan fingerprint density at radius 2 is 1.05 bits per heavy atom. The molecule has 1 aliphatic rings. The van der Waals surface area contributed by atoms with E-state index in [1.165, 1.54) is 0 Å². The molecule has 0 N–H and O–H groups in total. The molecule has 3 nitrogen and oxygen atoms in total. The second-order valence-corrected chi connectivity index (χ2v) is 17.2. The summed E-state index contributed by atoms with van der Waals surface area (Å²) in [5.41, 5.74) is 1.09. The number of carbonyl (C=O) groups is 2. The molecule has 5 heteroatoms. The molecule has 0 unspecified atom stereocenters. The molecule has 102 valence electrons. The summed E-state index contributed by atoms with van der Waals surface area (Å²) in [6, 6.07) is 4.08. The van der Waals surface area contributed by atoms with Crippen molar-refractivity contribution in [3.8, 4) is 0 Å². The highest BCUT2D eigenvalue weighted by Crippen LogP contribution is 2.22. The summed E-state index contributed by atoms with van der Waals surface area (Å²) in [6.45, 7) is 13.0. The van der Waals surface area contributed by atoms with Crippen molar-refractivity contribution in [3.63, 3.8) is 0 Å². The van der Waals surface area contributed by atoms with E-state index in [1.54, 1.807) is 0 Å². The minimum Gasteiger partial charge on any atom is -0.386 e. The fraction of sp³-hybridized carbons (Fsp3) is 0.429. The maximum atomic E-state index is 12.0. The van der Waals surface area contributed by atoms with Gasteiger partial charge in [-0.2, -0.15) is 0 Å². The van der Waals surface area contributed by atoms with Crippen LogP contribution in [0.2, 0.25) is 39.3 Å². The van der Waals surface area contributed by atoms with E-state index in [-0.39, 0.29) is 0 Å². The van der Waals surface area contributed by atoms with Crippen molar-refractivity contribution in [2.24, 2.45) is 0 Å². The smallest absolute Gasteiger partial charge is 0.346 e.